The van der Waals surface area contributed by atoms with Gasteiger partial charge in [-0.05, 0) is 25.5 Å². The van der Waals surface area contributed by atoms with E-state index < -0.39 is 0 Å². The number of halogens is 1. The Kier molecular flexibility index (Phi) is 4.18. The molecule has 0 aliphatic rings. The van der Waals surface area contributed by atoms with Crippen LogP contribution in [-0.4, -0.2) is 6.04 Å². The SMILES string of the molecule is C=CC(C)NC(C)c1ccccc1Cl. The molecule has 2 atom stereocenters. The van der Waals surface area contributed by atoms with Gasteiger partial charge in [-0.25, -0.2) is 0 Å². The van der Waals surface area contributed by atoms with Gasteiger partial charge in [0.1, 0.15) is 0 Å². The first-order chi connectivity index (χ1) is 6.65. The van der Waals surface area contributed by atoms with E-state index in [1.54, 1.807) is 0 Å². The fourth-order valence-corrected chi connectivity index (χ4v) is 1.68. The average Bonchev–Trinajstić information content (AvgIpc) is 2.18. The van der Waals surface area contributed by atoms with Crippen molar-refractivity contribution in [3.63, 3.8) is 0 Å². The molecule has 0 aliphatic heterocycles. The first kappa shape index (κ1) is 11.3. The highest BCUT2D eigenvalue weighted by Gasteiger charge is 2.09. The maximum Gasteiger partial charge on any atom is 0.0453 e. The summed E-state index contributed by atoms with van der Waals surface area (Å²) in [7, 11) is 0. The molecule has 0 heterocycles. The van der Waals surface area contributed by atoms with E-state index in [1.165, 1.54) is 0 Å². The molecular weight excluding hydrogens is 194 g/mol. The summed E-state index contributed by atoms with van der Waals surface area (Å²) in [4.78, 5) is 0. The second kappa shape index (κ2) is 5.18. The highest BCUT2D eigenvalue weighted by Crippen LogP contribution is 2.22. The standard InChI is InChI=1S/C12H16ClN/c1-4-9(2)14-10(3)11-7-5-6-8-12(11)13/h4-10,14H,1H2,2-3H3. The van der Waals surface area contributed by atoms with Crippen LogP contribution in [0.4, 0.5) is 0 Å². The molecule has 0 saturated carbocycles. The van der Waals surface area contributed by atoms with Crippen LogP contribution in [0.25, 0.3) is 0 Å². The topological polar surface area (TPSA) is 12.0 Å². The minimum absolute atomic E-state index is 0.247. The lowest BCUT2D eigenvalue weighted by Crippen LogP contribution is -2.27. The van der Waals surface area contributed by atoms with Gasteiger partial charge in [-0.2, -0.15) is 0 Å². The summed E-state index contributed by atoms with van der Waals surface area (Å²) in [5, 5.41) is 4.19. The Hall–Kier alpha value is -0.790. The van der Waals surface area contributed by atoms with Crippen molar-refractivity contribution in [3.05, 3.63) is 47.5 Å². The molecule has 1 aromatic carbocycles. The fraction of sp³-hybridized carbons (Fsp3) is 0.333. The van der Waals surface area contributed by atoms with Crippen LogP contribution >= 0.6 is 11.6 Å². The first-order valence-electron chi connectivity index (χ1n) is 4.78. The molecule has 1 N–H and O–H groups in total. The molecule has 1 rings (SSSR count). The number of hydrogen-bond donors (Lipinski definition) is 1. The van der Waals surface area contributed by atoms with Gasteiger partial charge in [-0.1, -0.05) is 35.9 Å². The lowest BCUT2D eigenvalue weighted by Gasteiger charge is -2.18. The molecule has 0 fully saturated rings. The summed E-state index contributed by atoms with van der Waals surface area (Å²) >= 11 is 6.08. The maximum atomic E-state index is 6.08. The van der Waals surface area contributed by atoms with Crippen molar-refractivity contribution in [1.29, 1.82) is 0 Å². The van der Waals surface area contributed by atoms with Gasteiger partial charge in [0.25, 0.3) is 0 Å². The Labute approximate surface area is 90.8 Å². The highest BCUT2D eigenvalue weighted by molar-refractivity contribution is 6.31. The Morgan fingerprint density at radius 1 is 1.36 bits per heavy atom. The minimum Gasteiger partial charge on any atom is -0.304 e. The summed E-state index contributed by atoms with van der Waals surface area (Å²) in [5.74, 6) is 0. The van der Waals surface area contributed by atoms with Crippen molar-refractivity contribution in [2.75, 3.05) is 0 Å². The van der Waals surface area contributed by atoms with E-state index in [-0.39, 0.29) is 6.04 Å². The molecule has 76 valence electrons. The third kappa shape index (κ3) is 2.86. The molecule has 0 aromatic heterocycles. The van der Waals surface area contributed by atoms with E-state index in [1.807, 2.05) is 30.3 Å². The maximum absolute atomic E-state index is 6.08. The van der Waals surface area contributed by atoms with Gasteiger partial charge in [-0.15, -0.1) is 6.58 Å². The number of benzene rings is 1. The highest BCUT2D eigenvalue weighted by atomic mass is 35.5. The first-order valence-corrected chi connectivity index (χ1v) is 5.16. The van der Waals surface area contributed by atoms with Crippen molar-refractivity contribution in [3.8, 4) is 0 Å². The molecule has 14 heavy (non-hydrogen) atoms. The summed E-state index contributed by atoms with van der Waals surface area (Å²) in [6.07, 6.45) is 1.88. The summed E-state index contributed by atoms with van der Waals surface area (Å²) in [6.45, 7) is 7.90. The van der Waals surface area contributed by atoms with Gasteiger partial charge in [0, 0.05) is 17.1 Å². The van der Waals surface area contributed by atoms with Gasteiger partial charge >= 0.3 is 0 Å². The molecule has 2 unspecified atom stereocenters. The van der Waals surface area contributed by atoms with Crippen LogP contribution < -0.4 is 5.32 Å². The number of hydrogen-bond acceptors (Lipinski definition) is 1. The molecular formula is C12H16ClN. The summed E-state index contributed by atoms with van der Waals surface area (Å²) in [5.41, 5.74) is 1.13. The minimum atomic E-state index is 0.247. The van der Waals surface area contributed by atoms with Crippen LogP contribution in [0.5, 0.6) is 0 Å². The second-order valence-electron chi connectivity index (χ2n) is 3.43. The Morgan fingerprint density at radius 2 is 2.00 bits per heavy atom. The Bertz CT molecular complexity index is 309. The quantitative estimate of drug-likeness (QED) is 0.748. The Morgan fingerprint density at radius 3 is 2.57 bits per heavy atom. The van der Waals surface area contributed by atoms with Crippen LogP contribution in [0, 0.1) is 0 Å². The zero-order valence-corrected chi connectivity index (χ0v) is 9.38. The smallest absolute Gasteiger partial charge is 0.0453 e. The molecule has 0 spiro atoms. The lowest BCUT2D eigenvalue weighted by molar-refractivity contribution is 0.537. The molecule has 2 heteroatoms. The lowest BCUT2D eigenvalue weighted by atomic mass is 10.1. The number of nitrogens with one attached hydrogen (secondary N) is 1. The van der Waals surface area contributed by atoms with Crippen LogP contribution in [0.3, 0.4) is 0 Å². The van der Waals surface area contributed by atoms with Crippen LogP contribution in [0.15, 0.2) is 36.9 Å². The molecule has 0 radical (unpaired) electrons. The molecule has 0 aliphatic carbocycles. The van der Waals surface area contributed by atoms with Crippen LogP contribution in [-0.2, 0) is 0 Å². The van der Waals surface area contributed by atoms with Gasteiger partial charge in [0.2, 0.25) is 0 Å². The predicted molar refractivity (Wildman–Crippen MR) is 62.7 cm³/mol. The zero-order chi connectivity index (χ0) is 10.6. The van der Waals surface area contributed by atoms with E-state index >= 15 is 0 Å². The molecule has 0 saturated heterocycles. The molecule has 1 nitrogen and oxygen atoms in total. The Balaban J connectivity index is 2.74. The van der Waals surface area contributed by atoms with Crippen LogP contribution in [0.1, 0.15) is 25.5 Å². The van der Waals surface area contributed by atoms with E-state index in [0.29, 0.717) is 6.04 Å². The summed E-state index contributed by atoms with van der Waals surface area (Å²) in [6, 6.07) is 8.43. The summed E-state index contributed by atoms with van der Waals surface area (Å²) < 4.78 is 0. The second-order valence-corrected chi connectivity index (χ2v) is 3.84. The van der Waals surface area contributed by atoms with Crippen molar-refractivity contribution in [2.45, 2.75) is 25.9 Å². The van der Waals surface area contributed by atoms with Crippen LogP contribution in [0.2, 0.25) is 5.02 Å². The molecule has 1 aromatic rings. The monoisotopic (exact) mass is 209 g/mol. The average molecular weight is 210 g/mol. The third-order valence-electron chi connectivity index (χ3n) is 2.24. The molecule has 0 amide bonds. The van der Waals surface area contributed by atoms with Gasteiger partial charge in [0.15, 0.2) is 0 Å². The van der Waals surface area contributed by atoms with Crippen molar-refractivity contribution >= 4 is 11.6 Å². The van der Waals surface area contributed by atoms with E-state index in [2.05, 4.69) is 25.7 Å². The van der Waals surface area contributed by atoms with E-state index in [0.717, 1.165) is 10.6 Å². The normalized spacial score (nSPS) is 14.8. The van der Waals surface area contributed by atoms with Gasteiger partial charge in [-0.3, -0.25) is 0 Å². The molecule has 0 bridgehead atoms. The largest absolute Gasteiger partial charge is 0.304 e. The predicted octanol–water partition coefficient (Wildman–Crippen LogP) is 3.57. The third-order valence-corrected chi connectivity index (χ3v) is 2.58. The van der Waals surface area contributed by atoms with Crippen molar-refractivity contribution in [2.24, 2.45) is 0 Å². The van der Waals surface area contributed by atoms with Crippen molar-refractivity contribution in [1.82, 2.24) is 5.32 Å². The zero-order valence-electron chi connectivity index (χ0n) is 8.63. The van der Waals surface area contributed by atoms with Gasteiger partial charge < -0.3 is 5.32 Å². The van der Waals surface area contributed by atoms with E-state index in [9.17, 15) is 0 Å². The van der Waals surface area contributed by atoms with E-state index in [4.69, 9.17) is 11.6 Å². The fourth-order valence-electron chi connectivity index (χ4n) is 1.38. The number of rotatable bonds is 4. The van der Waals surface area contributed by atoms with Crippen molar-refractivity contribution < 1.29 is 0 Å². The van der Waals surface area contributed by atoms with Gasteiger partial charge in [0.05, 0.1) is 0 Å².